The molecule has 1 atom stereocenters. The van der Waals surface area contributed by atoms with E-state index in [2.05, 4.69) is 44.2 Å². The van der Waals surface area contributed by atoms with Crippen LogP contribution in [0.5, 0.6) is 0 Å². The summed E-state index contributed by atoms with van der Waals surface area (Å²) in [6.07, 6.45) is 45.4. The highest BCUT2D eigenvalue weighted by Gasteiger charge is 2.36. The molecule has 1 heterocycles. The lowest BCUT2D eigenvalue weighted by Gasteiger charge is -2.28. The summed E-state index contributed by atoms with van der Waals surface area (Å²) in [6.45, 7) is 4.56. The zero-order chi connectivity index (χ0) is 27.4. The van der Waals surface area contributed by atoms with Crippen LogP contribution >= 0.6 is 0 Å². The van der Waals surface area contributed by atoms with E-state index in [0.29, 0.717) is 0 Å². The van der Waals surface area contributed by atoms with Gasteiger partial charge in [-0.2, -0.15) is 0 Å². The number of hydrogen-bond donors (Lipinski definition) is 0. The predicted octanol–water partition coefficient (Wildman–Crippen LogP) is 12.3. The van der Waals surface area contributed by atoms with Gasteiger partial charge in [0.05, 0.1) is 0 Å². The van der Waals surface area contributed by atoms with Crippen molar-refractivity contribution in [3.8, 4) is 0 Å². The van der Waals surface area contributed by atoms with Gasteiger partial charge in [-0.05, 0) is 76.7 Å². The first-order valence-electron chi connectivity index (χ1n) is 17.0. The molecule has 0 aliphatic carbocycles. The Morgan fingerprint density at radius 1 is 0.500 bits per heavy atom. The molecule has 0 aromatic carbocycles. The molecular formula is C36H64O2. The molecule has 1 saturated heterocycles. The number of hydrogen-bond acceptors (Lipinski definition) is 2. The molecule has 0 N–H and O–H groups in total. The number of rotatable bonds is 28. The number of carbonyl (C=O) groups excluding carboxylic acids is 1. The van der Waals surface area contributed by atoms with Crippen LogP contribution in [-0.2, 0) is 9.53 Å². The summed E-state index contributed by atoms with van der Waals surface area (Å²) >= 11 is 0. The third-order valence-electron chi connectivity index (χ3n) is 7.91. The maximum atomic E-state index is 11.9. The second-order valence-electron chi connectivity index (χ2n) is 11.6. The molecule has 0 amide bonds. The van der Waals surface area contributed by atoms with E-state index in [0.717, 1.165) is 25.0 Å². The molecule has 0 aromatic heterocycles. The van der Waals surface area contributed by atoms with Crippen LogP contribution in [0.4, 0.5) is 0 Å². The number of ether oxygens (including phenoxy) is 1. The first-order valence-corrected chi connectivity index (χ1v) is 17.0. The van der Waals surface area contributed by atoms with Crippen molar-refractivity contribution in [1.82, 2.24) is 0 Å². The van der Waals surface area contributed by atoms with Crippen molar-refractivity contribution in [2.24, 2.45) is 5.92 Å². The first kappa shape index (κ1) is 34.7. The van der Waals surface area contributed by atoms with E-state index in [9.17, 15) is 4.79 Å². The van der Waals surface area contributed by atoms with Gasteiger partial charge < -0.3 is 4.74 Å². The van der Waals surface area contributed by atoms with Gasteiger partial charge in [-0.15, -0.1) is 0 Å². The molecule has 0 aromatic rings. The Labute approximate surface area is 238 Å². The van der Waals surface area contributed by atoms with Gasteiger partial charge in [-0.25, -0.2) is 0 Å². The molecule has 0 saturated carbocycles. The van der Waals surface area contributed by atoms with Crippen molar-refractivity contribution in [1.29, 1.82) is 0 Å². The van der Waals surface area contributed by atoms with Crippen molar-refractivity contribution in [2.75, 3.05) is 0 Å². The Balaban J connectivity index is 1.91. The van der Waals surface area contributed by atoms with E-state index in [4.69, 9.17) is 4.74 Å². The molecule has 1 aliphatic heterocycles. The van der Waals surface area contributed by atoms with E-state index in [-0.39, 0.29) is 11.9 Å². The molecule has 2 nitrogen and oxygen atoms in total. The van der Waals surface area contributed by atoms with Crippen molar-refractivity contribution < 1.29 is 9.53 Å². The van der Waals surface area contributed by atoms with Crippen molar-refractivity contribution in [3.05, 3.63) is 36.1 Å². The van der Waals surface area contributed by atoms with Crippen LogP contribution in [0.15, 0.2) is 36.1 Å². The average Bonchev–Trinajstić information content (AvgIpc) is 2.92. The van der Waals surface area contributed by atoms with Gasteiger partial charge in [0.2, 0.25) is 0 Å². The normalized spacial score (nSPS) is 16.6. The zero-order valence-corrected chi connectivity index (χ0v) is 25.7. The predicted molar refractivity (Wildman–Crippen MR) is 167 cm³/mol. The van der Waals surface area contributed by atoms with E-state index in [1.165, 1.54) is 148 Å². The largest absolute Gasteiger partial charge is 0.430 e. The van der Waals surface area contributed by atoms with E-state index >= 15 is 0 Å². The summed E-state index contributed by atoms with van der Waals surface area (Å²) in [5.74, 6) is 1.02. The minimum Gasteiger partial charge on any atom is -0.430 e. The number of allylic oxidation sites excluding steroid dienone is 5. The van der Waals surface area contributed by atoms with Gasteiger partial charge in [0.25, 0.3) is 0 Å². The second-order valence-corrected chi connectivity index (χ2v) is 11.6. The van der Waals surface area contributed by atoms with Crippen LogP contribution in [0, 0.1) is 5.92 Å². The SMILES string of the molecule is CCCCCCCC/C=C\CCCCCCC1C(=O)O/C1=C/CCCCCC/C=C/CCCCCCCC. The third-order valence-corrected chi connectivity index (χ3v) is 7.91. The monoisotopic (exact) mass is 528 g/mol. The molecule has 0 spiro atoms. The summed E-state index contributed by atoms with van der Waals surface area (Å²) in [7, 11) is 0. The maximum Gasteiger partial charge on any atom is 0.321 e. The summed E-state index contributed by atoms with van der Waals surface area (Å²) in [5.41, 5.74) is 0. The summed E-state index contributed by atoms with van der Waals surface area (Å²) in [5, 5.41) is 0. The first-order chi connectivity index (χ1) is 18.8. The van der Waals surface area contributed by atoms with Crippen LogP contribution in [0.1, 0.15) is 181 Å². The Morgan fingerprint density at radius 3 is 1.29 bits per heavy atom. The van der Waals surface area contributed by atoms with Crippen molar-refractivity contribution in [2.45, 2.75) is 181 Å². The lowest BCUT2D eigenvalue weighted by molar-refractivity contribution is -0.157. The number of esters is 1. The lowest BCUT2D eigenvalue weighted by atomic mass is 9.93. The van der Waals surface area contributed by atoms with Gasteiger partial charge in [0.1, 0.15) is 11.7 Å². The van der Waals surface area contributed by atoms with E-state index < -0.39 is 0 Å². The van der Waals surface area contributed by atoms with Gasteiger partial charge >= 0.3 is 5.97 Å². The fraction of sp³-hybridized carbons (Fsp3) is 0.806. The number of unbranched alkanes of at least 4 members (excludes halogenated alkanes) is 21. The van der Waals surface area contributed by atoms with Gasteiger partial charge in [-0.1, -0.05) is 134 Å². The highest BCUT2D eigenvalue weighted by molar-refractivity contribution is 5.82. The molecule has 2 heteroatoms. The fourth-order valence-electron chi connectivity index (χ4n) is 5.29. The summed E-state index contributed by atoms with van der Waals surface area (Å²) in [6, 6.07) is 0. The highest BCUT2D eigenvalue weighted by atomic mass is 16.6. The van der Waals surface area contributed by atoms with Crippen LogP contribution in [0.3, 0.4) is 0 Å². The molecule has 0 radical (unpaired) electrons. The maximum absolute atomic E-state index is 11.9. The minimum absolute atomic E-state index is 0.00150. The van der Waals surface area contributed by atoms with E-state index in [1.54, 1.807) is 0 Å². The molecule has 0 bridgehead atoms. The van der Waals surface area contributed by atoms with Crippen LogP contribution in [0.2, 0.25) is 0 Å². The van der Waals surface area contributed by atoms with Crippen LogP contribution < -0.4 is 0 Å². The van der Waals surface area contributed by atoms with Crippen LogP contribution in [0.25, 0.3) is 0 Å². The van der Waals surface area contributed by atoms with Crippen LogP contribution in [-0.4, -0.2) is 5.97 Å². The van der Waals surface area contributed by atoms with Crippen molar-refractivity contribution >= 4 is 5.97 Å². The lowest BCUT2D eigenvalue weighted by Crippen LogP contribution is -2.32. The Kier molecular flexibility index (Phi) is 24.9. The number of carbonyl (C=O) groups is 1. The van der Waals surface area contributed by atoms with Gasteiger partial charge in [0, 0.05) is 0 Å². The molecule has 1 unspecified atom stereocenters. The smallest absolute Gasteiger partial charge is 0.321 e. The average molecular weight is 529 g/mol. The van der Waals surface area contributed by atoms with Gasteiger partial charge in [-0.3, -0.25) is 4.79 Å². The van der Waals surface area contributed by atoms with Crippen molar-refractivity contribution in [3.63, 3.8) is 0 Å². The molecular weight excluding hydrogens is 464 g/mol. The summed E-state index contributed by atoms with van der Waals surface area (Å²) < 4.78 is 5.34. The molecule has 1 rings (SSSR count). The molecule has 220 valence electrons. The molecule has 38 heavy (non-hydrogen) atoms. The topological polar surface area (TPSA) is 26.3 Å². The second kappa shape index (κ2) is 27.3. The number of cyclic esters (lactones) is 1. The highest BCUT2D eigenvalue weighted by Crippen LogP contribution is 2.32. The Morgan fingerprint density at radius 2 is 0.868 bits per heavy atom. The minimum atomic E-state index is 0.00150. The third kappa shape index (κ3) is 20.6. The molecule has 1 fully saturated rings. The Hall–Kier alpha value is -1.31. The Bertz CT molecular complexity index is 615. The standard InChI is InChI=1S/C36H64O2/c1-3-5-7-9-11-13-15-17-19-21-23-25-27-29-31-33-35-34(36(37)38-35)32-30-28-26-24-22-20-18-16-14-12-10-8-6-4-2/h17-20,33-34H,3-16,21-32H2,1-2H3/b19-17+,20-18-,35-33+. The van der Waals surface area contributed by atoms with E-state index in [1.807, 2.05) is 0 Å². The quantitative estimate of drug-likeness (QED) is 0.0573. The fourth-order valence-corrected chi connectivity index (χ4v) is 5.29. The summed E-state index contributed by atoms with van der Waals surface area (Å²) in [4.78, 5) is 11.9. The van der Waals surface area contributed by atoms with Gasteiger partial charge in [0.15, 0.2) is 0 Å². The zero-order valence-electron chi connectivity index (χ0n) is 25.7. The molecule has 1 aliphatic rings.